The Kier molecular flexibility index (Phi) is 28.2. The third-order valence-corrected chi connectivity index (χ3v) is 9.00. The van der Waals surface area contributed by atoms with Gasteiger partial charge in [0.25, 0.3) is 0 Å². The first kappa shape index (κ1) is 67.7. The molecule has 3 amide bonds. The van der Waals surface area contributed by atoms with E-state index in [9.17, 15) is 33.6 Å². The highest BCUT2D eigenvalue weighted by atomic mass is 16.6. The predicted molar refractivity (Wildman–Crippen MR) is 286 cm³/mol. The molecule has 1 unspecified atom stereocenters. The van der Waals surface area contributed by atoms with Crippen LogP contribution in [0.3, 0.4) is 0 Å². The number of amides is 3. The van der Waals surface area contributed by atoms with E-state index in [1.54, 1.807) is 116 Å². The molecule has 0 fully saturated rings. The van der Waals surface area contributed by atoms with Gasteiger partial charge in [-0.25, -0.2) is 24.0 Å². The van der Waals surface area contributed by atoms with Crippen LogP contribution in [0.4, 0.5) is 20.1 Å². The number of carbonyl (C=O) groups is 7. The molecule has 0 bridgehead atoms. The molecule has 23 heteroatoms. The number of hydrogen-bond donors (Lipinski definition) is 2. The van der Waals surface area contributed by atoms with Crippen molar-refractivity contribution in [1.29, 1.82) is 0 Å². The van der Waals surface area contributed by atoms with Crippen LogP contribution in [0.15, 0.2) is 53.5 Å². The average Bonchev–Trinajstić information content (AvgIpc) is 3.27. The zero-order valence-electron chi connectivity index (χ0n) is 48.2. The second-order valence-corrected chi connectivity index (χ2v) is 22.3. The molecule has 0 aromatic heterocycles. The van der Waals surface area contributed by atoms with E-state index in [-0.39, 0.29) is 75.8 Å². The van der Waals surface area contributed by atoms with Crippen molar-refractivity contribution in [2.45, 2.75) is 157 Å². The monoisotopic (exact) mass is 1100 g/mol. The number of ether oxygens (including phenoxy) is 12. The fourth-order valence-electron chi connectivity index (χ4n) is 6.04. The number of alkyl carbamates (subject to hydrolysis) is 1. The first-order valence-corrected chi connectivity index (χ1v) is 25.7. The summed E-state index contributed by atoms with van der Waals surface area (Å²) in [5.74, 6) is -2.74. The molecule has 1 atom stereocenters. The Balaban J connectivity index is 2.02. The number of carbonyl (C=O) groups excluding carboxylic acids is 7. The van der Waals surface area contributed by atoms with Crippen molar-refractivity contribution in [2.24, 2.45) is 4.99 Å². The third kappa shape index (κ3) is 33.0. The molecule has 0 saturated carbocycles. The van der Waals surface area contributed by atoms with E-state index in [1.807, 2.05) is 0 Å². The fourth-order valence-corrected chi connectivity index (χ4v) is 6.04. The zero-order chi connectivity index (χ0) is 58.7. The van der Waals surface area contributed by atoms with Crippen LogP contribution in [0, 0.1) is 0 Å². The summed E-state index contributed by atoms with van der Waals surface area (Å²) in [5, 5.41) is 5.20. The van der Waals surface area contributed by atoms with E-state index in [0.29, 0.717) is 44.3 Å². The number of hydrogen-bond acceptors (Lipinski definition) is 19. The van der Waals surface area contributed by atoms with E-state index in [1.165, 1.54) is 36.4 Å². The van der Waals surface area contributed by atoms with Gasteiger partial charge in [-0.3, -0.25) is 19.8 Å². The summed E-state index contributed by atoms with van der Waals surface area (Å²) in [5.41, 5.74) is -3.09. The van der Waals surface area contributed by atoms with Crippen molar-refractivity contribution in [3.63, 3.8) is 0 Å². The summed E-state index contributed by atoms with van der Waals surface area (Å²) in [6.45, 7) is 27.4. The zero-order valence-corrected chi connectivity index (χ0v) is 48.2. The van der Waals surface area contributed by atoms with Gasteiger partial charge in [0.1, 0.15) is 46.4 Å². The number of guanidine groups is 1. The lowest BCUT2D eigenvalue weighted by Gasteiger charge is -2.32. The quantitative estimate of drug-likeness (QED) is 0.0212. The predicted octanol–water partition coefficient (Wildman–Crippen LogP) is 8.33. The number of benzene rings is 2. The molecule has 0 heterocycles. The molecule has 2 aromatic carbocycles. The van der Waals surface area contributed by atoms with Crippen molar-refractivity contribution in [2.75, 3.05) is 77.9 Å². The van der Waals surface area contributed by atoms with Gasteiger partial charge in [0.05, 0.1) is 84.5 Å². The Morgan fingerprint density at radius 3 is 1.47 bits per heavy atom. The van der Waals surface area contributed by atoms with Crippen LogP contribution in [0.5, 0.6) is 5.75 Å². The van der Waals surface area contributed by atoms with Crippen LogP contribution in [0.1, 0.15) is 133 Å². The van der Waals surface area contributed by atoms with Crippen molar-refractivity contribution in [1.82, 2.24) is 10.2 Å². The van der Waals surface area contributed by atoms with E-state index in [0.717, 1.165) is 4.90 Å². The number of aliphatic imine (C=N–C) groups is 1. The van der Waals surface area contributed by atoms with Gasteiger partial charge in [-0.05, 0) is 146 Å². The van der Waals surface area contributed by atoms with Crippen molar-refractivity contribution in [3.8, 4) is 5.75 Å². The second kappa shape index (κ2) is 32.5. The molecule has 0 radical (unpaired) electrons. The van der Waals surface area contributed by atoms with E-state index >= 15 is 0 Å². The molecule has 0 aliphatic carbocycles. The van der Waals surface area contributed by atoms with Crippen LogP contribution in [-0.4, -0.2) is 160 Å². The molecule has 78 heavy (non-hydrogen) atoms. The van der Waals surface area contributed by atoms with E-state index in [2.05, 4.69) is 15.6 Å². The lowest BCUT2D eigenvalue weighted by molar-refractivity contribution is -0.168. The van der Waals surface area contributed by atoms with Gasteiger partial charge in [0.15, 0.2) is 0 Å². The highest BCUT2D eigenvalue weighted by Gasteiger charge is 2.37. The van der Waals surface area contributed by atoms with Gasteiger partial charge in [-0.1, -0.05) is 12.1 Å². The third-order valence-electron chi connectivity index (χ3n) is 9.00. The largest absolute Gasteiger partial charge is 0.460 e. The lowest BCUT2D eigenvalue weighted by atomic mass is 10.1. The van der Waals surface area contributed by atoms with Gasteiger partial charge in [0.2, 0.25) is 5.96 Å². The van der Waals surface area contributed by atoms with Gasteiger partial charge < -0.3 is 62.2 Å². The van der Waals surface area contributed by atoms with Crippen LogP contribution < -0.4 is 15.4 Å². The molecule has 2 N–H and O–H groups in total. The molecule has 0 aliphatic heterocycles. The minimum absolute atomic E-state index is 0.0708. The maximum absolute atomic E-state index is 13.9. The van der Waals surface area contributed by atoms with Crippen LogP contribution in [-0.2, 0) is 73.1 Å². The summed E-state index contributed by atoms with van der Waals surface area (Å²) in [6, 6.07) is 10.6. The summed E-state index contributed by atoms with van der Waals surface area (Å²) in [4.78, 5) is 95.5. The number of esters is 4. The van der Waals surface area contributed by atoms with Gasteiger partial charge in [-0.2, -0.15) is 0 Å². The smallest absolute Gasteiger partial charge is 0.437 e. The molecular formula is C55H84N4O19. The molecule has 2 aromatic rings. The van der Waals surface area contributed by atoms with Crippen molar-refractivity contribution in [3.05, 3.63) is 59.7 Å². The summed E-state index contributed by atoms with van der Waals surface area (Å²) < 4.78 is 65.9. The molecule has 438 valence electrons. The maximum Gasteiger partial charge on any atom is 0.437 e. The van der Waals surface area contributed by atoms with Crippen LogP contribution in [0.25, 0.3) is 0 Å². The SMILES string of the molecule is CC(C)(C)OC(=O)CCOCCOCCOCCOCCOCCN(C(=O)OCc1ccc(OC(=O)c2ccc(NC(=NC(=O)OC(C)(C)C)NC(=O)OC(C)(C)C)cc2)cc1)C(CC(=O)OC(C)(C)C)C(=O)OC(C)(C)C. The highest BCUT2D eigenvalue weighted by molar-refractivity contribution is 6.06. The number of rotatable bonds is 27. The van der Waals surface area contributed by atoms with Gasteiger partial charge >= 0.3 is 42.2 Å². The summed E-state index contributed by atoms with van der Waals surface area (Å²) >= 11 is 0. The Bertz CT molecular complexity index is 2230. The standard InChI is InChI=1S/C55H84N4O19/c1-51(2,3)74-43(60)24-26-67-28-30-69-32-34-71-35-33-70-31-29-68-27-25-59(42(46(63)76-53(7,8)9)36-44(61)75-52(4,5)6)50(66)72-37-38-16-22-41(23-17-38)73-45(62)39-18-20-40(21-19-39)56-47(57-48(64)77-54(10,11)12)58-49(65)78-55(13,14)15/h16-23,42H,24-37H2,1-15H3,(H2,56,57,58,64,65). The molecule has 0 spiro atoms. The van der Waals surface area contributed by atoms with Crippen LogP contribution >= 0.6 is 0 Å². The maximum atomic E-state index is 13.9. The number of anilines is 1. The summed E-state index contributed by atoms with van der Waals surface area (Å²) in [6.07, 6.45) is -3.16. The Morgan fingerprint density at radius 2 is 0.987 bits per heavy atom. The number of nitrogens with zero attached hydrogens (tertiary/aromatic N) is 2. The normalized spacial score (nSPS) is 12.6. The lowest BCUT2D eigenvalue weighted by Crippen LogP contribution is -2.50. The Hall–Kier alpha value is -6.40. The van der Waals surface area contributed by atoms with Gasteiger partial charge in [0, 0.05) is 12.2 Å². The Labute approximate surface area is 458 Å². The topological polar surface area (TPSA) is 270 Å². The molecule has 2 rings (SSSR count). The number of nitrogens with one attached hydrogen (secondary N) is 2. The van der Waals surface area contributed by atoms with E-state index < -0.39 is 76.7 Å². The molecule has 0 saturated heterocycles. The first-order chi connectivity index (χ1) is 36.2. The fraction of sp³-hybridized carbons (Fsp3) is 0.636. The Morgan fingerprint density at radius 1 is 0.526 bits per heavy atom. The van der Waals surface area contributed by atoms with E-state index in [4.69, 9.17) is 56.8 Å². The molecular weight excluding hydrogens is 1020 g/mol. The second-order valence-electron chi connectivity index (χ2n) is 22.3. The van der Waals surface area contributed by atoms with Crippen LogP contribution in [0.2, 0.25) is 0 Å². The minimum Gasteiger partial charge on any atom is -0.460 e. The first-order valence-electron chi connectivity index (χ1n) is 25.7. The summed E-state index contributed by atoms with van der Waals surface area (Å²) in [7, 11) is 0. The molecule has 0 aliphatic rings. The molecule has 23 nitrogen and oxygen atoms in total. The van der Waals surface area contributed by atoms with Crippen molar-refractivity contribution >= 4 is 53.8 Å². The van der Waals surface area contributed by atoms with Gasteiger partial charge in [-0.15, -0.1) is 4.99 Å². The van der Waals surface area contributed by atoms with Crippen molar-refractivity contribution < 1.29 is 90.4 Å². The average molecular weight is 1110 g/mol. The highest BCUT2D eigenvalue weighted by Crippen LogP contribution is 2.21. The minimum atomic E-state index is -1.45.